The predicted molar refractivity (Wildman–Crippen MR) is 103 cm³/mol. The molecule has 8 heteroatoms. The van der Waals surface area contributed by atoms with Crippen LogP contribution in [0.1, 0.15) is 30.5 Å². The maximum absolute atomic E-state index is 13.1. The molecule has 27 heavy (non-hydrogen) atoms. The van der Waals surface area contributed by atoms with Crippen LogP contribution >= 0.6 is 22.7 Å². The monoisotopic (exact) mass is 400 g/mol. The van der Waals surface area contributed by atoms with Gasteiger partial charge in [-0.25, -0.2) is 9.79 Å². The van der Waals surface area contributed by atoms with Crippen LogP contribution in [-0.4, -0.2) is 17.1 Å². The summed E-state index contributed by atoms with van der Waals surface area (Å²) < 4.78 is 12.6. The number of nitrogens with zero attached hydrogens (tertiary/aromatic N) is 2. The number of carbonyl (C=O) groups is 1. The van der Waals surface area contributed by atoms with Gasteiger partial charge in [-0.2, -0.15) is 0 Å². The molecule has 0 saturated carbocycles. The first kappa shape index (κ1) is 17.7. The molecule has 4 rings (SSSR count). The molecule has 1 aliphatic heterocycles. The van der Waals surface area contributed by atoms with Crippen LogP contribution in [0.2, 0.25) is 0 Å². The van der Waals surface area contributed by atoms with Crippen molar-refractivity contribution in [3.63, 3.8) is 0 Å². The number of hydrogen-bond acceptors (Lipinski definition) is 7. The van der Waals surface area contributed by atoms with Crippen molar-refractivity contribution in [2.24, 2.45) is 4.99 Å². The zero-order chi connectivity index (χ0) is 19.0. The molecule has 0 aliphatic carbocycles. The van der Waals surface area contributed by atoms with Gasteiger partial charge in [0.05, 0.1) is 28.7 Å². The maximum atomic E-state index is 13.1. The van der Waals surface area contributed by atoms with Crippen molar-refractivity contribution >= 4 is 34.7 Å². The molecule has 6 nitrogen and oxygen atoms in total. The Morgan fingerprint density at radius 2 is 2.26 bits per heavy atom. The van der Waals surface area contributed by atoms with Crippen LogP contribution in [0.5, 0.6) is 0 Å². The standard InChI is InChI=1S/C19H16N2O4S2/c1-3-24-18(23)15-11(2)20-19-21(16(15)13-7-5-9-26-13)17(22)14(27-19)10-12-6-4-8-25-12/h4-10,16H,3H2,1-2H3/b14-10-/t16-/m1/s1. The smallest absolute Gasteiger partial charge is 0.338 e. The number of furan rings is 1. The molecule has 0 amide bonds. The summed E-state index contributed by atoms with van der Waals surface area (Å²) in [6.45, 7) is 3.79. The minimum atomic E-state index is -0.543. The predicted octanol–water partition coefficient (Wildman–Crippen LogP) is 2.45. The highest BCUT2D eigenvalue weighted by molar-refractivity contribution is 7.10. The molecule has 0 N–H and O–H groups in total. The van der Waals surface area contributed by atoms with E-state index >= 15 is 0 Å². The van der Waals surface area contributed by atoms with Crippen molar-refractivity contribution in [3.8, 4) is 0 Å². The number of rotatable bonds is 4. The van der Waals surface area contributed by atoms with E-state index in [-0.39, 0.29) is 12.2 Å². The van der Waals surface area contributed by atoms with Gasteiger partial charge in [-0.15, -0.1) is 11.3 Å². The highest BCUT2D eigenvalue weighted by Crippen LogP contribution is 2.33. The Labute approximate surface area is 162 Å². The lowest BCUT2D eigenvalue weighted by molar-refractivity contribution is -0.139. The lowest BCUT2D eigenvalue weighted by Crippen LogP contribution is -2.39. The van der Waals surface area contributed by atoms with Gasteiger partial charge in [0.2, 0.25) is 0 Å². The fourth-order valence-electron chi connectivity index (χ4n) is 3.01. The molecule has 3 aromatic heterocycles. The van der Waals surface area contributed by atoms with Gasteiger partial charge in [-0.05, 0) is 37.4 Å². The van der Waals surface area contributed by atoms with E-state index in [0.29, 0.717) is 26.4 Å². The molecule has 4 heterocycles. The highest BCUT2D eigenvalue weighted by Gasteiger charge is 2.33. The second kappa shape index (κ2) is 7.13. The normalized spacial score (nSPS) is 17.0. The van der Waals surface area contributed by atoms with E-state index in [0.717, 1.165) is 4.88 Å². The van der Waals surface area contributed by atoms with Crippen molar-refractivity contribution in [3.05, 3.63) is 77.5 Å². The lowest BCUT2D eigenvalue weighted by atomic mass is 10.0. The Kier molecular flexibility index (Phi) is 4.67. The number of hydrogen-bond donors (Lipinski definition) is 0. The maximum Gasteiger partial charge on any atom is 0.338 e. The average Bonchev–Trinajstić information content (AvgIpc) is 3.38. The molecule has 0 unspecified atom stereocenters. The molecule has 1 aliphatic rings. The van der Waals surface area contributed by atoms with Crippen LogP contribution in [0.15, 0.2) is 61.4 Å². The van der Waals surface area contributed by atoms with E-state index in [4.69, 9.17) is 9.15 Å². The third kappa shape index (κ3) is 3.11. The van der Waals surface area contributed by atoms with Crippen molar-refractivity contribution in [2.75, 3.05) is 6.61 Å². The molecule has 0 fully saturated rings. The minimum Gasteiger partial charge on any atom is -0.465 e. The Hall–Kier alpha value is -2.71. The van der Waals surface area contributed by atoms with Crippen LogP contribution in [0.25, 0.3) is 6.08 Å². The van der Waals surface area contributed by atoms with Gasteiger partial charge in [-0.3, -0.25) is 9.36 Å². The summed E-state index contributed by atoms with van der Waals surface area (Å²) >= 11 is 2.77. The number of thiazole rings is 1. The molecule has 0 bridgehead atoms. The van der Waals surface area contributed by atoms with E-state index in [9.17, 15) is 9.59 Å². The third-order valence-corrected chi connectivity index (χ3v) is 6.05. The van der Waals surface area contributed by atoms with Crippen LogP contribution in [0.3, 0.4) is 0 Å². The van der Waals surface area contributed by atoms with E-state index in [2.05, 4.69) is 4.99 Å². The largest absolute Gasteiger partial charge is 0.465 e. The molecular weight excluding hydrogens is 384 g/mol. The molecule has 0 aromatic carbocycles. The lowest BCUT2D eigenvalue weighted by Gasteiger charge is -2.23. The Morgan fingerprint density at radius 1 is 1.41 bits per heavy atom. The molecule has 0 saturated heterocycles. The zero-order valence-corrected chi connectivity index (χ0v) is 16.3. The summed E-state index contributed by atoms with van der Waals surface area (Å²) in [5.41, 5.74) is 0.761. The summed E-state index contributed by atoms with van der Waals surface area (Å²) in [6, 6.07) is 6.82. The van der Waals surface area contributed by atoms with Crippen molar-refractivity contribution < 1.29 is 13.9 Å². The van der Waals surface area contributed by atoms with Crippen LogP contribution in [-0.2, 0) is 9.53 Å². The topological polar surface area (TPSA) is 73.8 Å². The Balaban J connectivity index is 1.96. The van der Waals surface area contributed by atoms with E-state index in [1.807, 2.05) is 17.5 Å². The van der Waals surface area contributed by atoms with Gasteiger partial charge in [0, 0.05) is 11.0 Å². The number of carbonyl (C=O) groups excluding carboxylic acids is 1. The molecule has 138 valence electrons. The van der Waals surface area contributed by atoms with Crippen LogP contribution < -0.4 is 14.9 Å². The molecule has 1 atom stereocenters. The van der Waals surface area contributed by atoms with Gasteiger partial charge in [0.1, 0.15) is 11.8 Å². The van der Waals surface area contributed by atoms with Crippen LogP contribution in [0.4, 0.5) is 0 Å². The summed E-state index contributed by atoms with van der Waals surface area (Å²) in [5, 5.41) is 1.92. The summed E-state index contributed by atoms with van der Waals surface area (Å²) in [7, 11) is 0. The number of thiophene rings is 1. The molecule has 0 radical (unpaired) electrons. The minimum absolute atomic E-state index is 0.206. The van der Waals surface area contributed by atoms with Gasteiger partial charge < -0.3 is 9.15 Å². The van der Waals surface area contributed by atoms with E-state index in [1.165, 1.54) is 22.7 Å². The number of ether oxygens (including phenoxy) is 1. The van der Waals surface area contributed by atoms with Gasteiger partial charge in [0.15, 0.2) is 4.80 Å². The first-order chi connectivity index (χ1) is 13.1. The summed E-state index contributed by atoms with van der Waals surface area (Å²) in [6.07, 6.45) is 3.25. The van der Waals surface area contributed by atoms with Gasteiger partial charge >= 0.3 is 5.97 Å². The van der Waals surface area contributed by atoms with Crippen molar-refractivity contribution in [1.29, 1.82) is 0 Å². The summed E-state index contributed by atoms with van der Waals surface area (Å²) in [5.74, 6) is 0.145. The number of esters is 1. The zero-order valence-electron chi connectivity index (χ0n) is 14.7. The second-order valence-electron chi connectivity index (χ2n) is 5.83. The first-order valence-electron chi connectivity index (χ1n) is 8.36. The van der Waals surface area contributed by atoms with E-state index in [1.54, 1.807) is 42.9 Å². The Bertz CT molecular complexity index is 1180. The first-order valence-corrected chi connectivity index (χ1v) is 10.1. The third-order valence-electron chi connectivity index (χ3n) is 4.15. The fourth-order valence-corrected chi connectivity index (χ4v) is 4.86. The number of fused-ring (bicyclic) bond motifs is 1. The second-order valence-corrected chi connectivity index (χ2v) is 7.82. The highest BCUT2D eigenvalue weighted by atomic mass is 32.1. The number of allylic oxidation sites excluding steroid dienone is 1. The SMILES string of the molecule is CCOC(=O)C1=C(C)N=c2s/c(=C\c3ccco3)c(=O)n2[C@@H]1c1cccs1. The Morgan fingerprint density at radius 3 is 2.93 bits per heavy atom. The average molecular weight is 400 g/mol. The molecule has 3 aromatic rings. The quantitative estimate of drug-likeness (QED) is 0.631. The number of aromatic nitrogens is 1. The van der Waals surface area contributed by atoms with Gasteiger partial charge in [0.25, 0.3) is 5.56 Å². The van der Waals surface area contributed by atoms with E-state index < -0.39 is 12.0 Å². The summed E-state index contributed by atoms with van der Waals surface area (Å²) in [4.78, 5) is 31.7. The van der Waals surface area contributed by atoms with Crippen LogP contribution in [0, 0.1) is 0 Å². The fraction of sp³-hybridized carbons (Fsp3) is 0.211. The molecular formula is C19H16N2O4S2. The van der Waals surface area contributed by atoms with Crippen molar-refractivity contribution in [2.45, 2.75) is 19.9 Å². The molecule has 0 spiro atoms. The van der Waals surface area contributed by atoms with Gasteiger partial charge in [-0.1, -0.05) is 17.4 Å². The van der Waals surface area contributed by atoms with Crippen molar-refractivity contribution in [1.82, 2.24) is 4.57 Å².